The molecule has 1 fully saturated rings. The second-order valence-corrected chi connectivity index (χ2v) is 7.52. The number of hydrogen-bond donors (Lipinski definition) is 1. The summed E-state index contributed by atoms with van der Waals surface area (Å²) in [6, 6.07) is 12.0. The van der Waals surface area contributed by atoms with Crippen molar-refractivity contribution in [1.82, 2.24) is 0 Å². The van der Waals surface area contributed by atoms with E-state index in [1.807, 2.05) is 30.3 Å². The maximum absolute atomic E-state index is 12.0. The maximum Gasteiger partial charge on any atom is 0.283 e. The minimum absolute atomic E-state index is 0.0781. The minimum atomic E-state index is -0.0781. The Balaban J connectivity index is 1.85. The van der Waals surface area contributed by atoms with Gasteiger partial charge < -0.3 is 10.1 Å². The number of nitrogens with zero attached hydrogens (tertiary/aromatic N) is 3. The summed E-state index contributed by atoms with van der Waals surface area (Å²) in [6.07, 6.45) is 4.98. The molecule has 0 heterocycles. The summed E-state index contributed by atoms with van der Waals surface area (Å²) in [4.78, 5) is 14.9. The highest BCUT2D eigenvalue weighted by molar-refractivity contribution is 8.13. The summed E-state index contributed by atoms with van der Waals surface area (Å²) in [6.45, 7) is 2.66. The third kappa shape index (κ3) is 5.00. The third-order valence-corrected chi connectivity index (χ3v) is 5.31. The molecule has 1 N–H and O–H groups in total. The molecule has 0 radical (unpaired) electrons. The SMILES string of the molecule is CCc1ccc(OCc2cccc(C3CC3)c2NC(=O)SC)c(CN=[N+]=[N-])c1. The number of benzene rings is 2. The summed E-state index contributed by atoms with van der Waals surface area (Å²) in [5.41, 5.74) is 13.7. The Morgan fingerprint density at radius 3 is 2.82 bits per heavy atom. The van der Waals surface area contributed by atoms with E-state index in [2.05, 4.69) is 28.3 Å². The Bertz CT molecular complexity index is 905. The molecule has 0 aliphatic heterocycles. The Morgan fingerprint density at radius 1 is 1.32 bits per heavy atom. The average molecular weight is 397 g/mol. The summed E-state index contributed by atoms with van der Waals surface area (Å²) >= 11 is 1.16. The number of azide groups is 1. The van der Waals surface area contributed by atoms with Crippen LogP contribution in [0.25, 0.3) is 10.4 Å². The van der Waals surface area contributed by atoms with Gasteiger partial charge in [0.25, 0.3) is 5.24 Å². The van der Waals surface area contributed by atoms with E-state index in [9.17, 15) is 4.79 Å². The predicted molar refractivity (Wildman–Crippen MR) is 114 cm³/mol. The minimum Gasteiger partial charge on any atom is -0.489 e. The van der Waals surface area contributed by atoms with Crippen LogP contribution in [0.5, 0.6) is 5.75 Å². The lowest BCUT2D eigenvalue weighted by Gasteiger charge is -2.17. The Labute approximate surface area is 169 Å². The third-order valence-electron chi connectivity index (χ3n) is 4.83. The van der Waals surface area contributed by atoms with Gasteiger partial charge in [-0.3, -0.25) is 4.79 Å². The van der Waals surface area contributed by atoms with Crippen LogP contribution < -0.4 is 10.1 Å². The van der Waals surface area contributed by atoms with Gasteiger partial charge in [0, 0.05) is 16.0 Å². The first-order valence-electron chi connectivity index (χ1n) is 9.38. The van der Waals surface area contributed by atoms with Gasteiger partial charge in [-0.15, -0.1) is 0 Å². The van der Waals surface area contributed by atoms with Gasteiger partial charge in [0.15, 0.2) is 0 Å². The van der Waals surface area contributed by atoms with Crippen LogP contribution in [0.15, 0.2) is 41.5 Å². The van der Waals surface area contributed by atoms with Gasteiger partial charge in [0.2, 0.25) is 0 Å². The molecule has 0 unspecified atom stereocenters. The van der Waals surface area contributed by atoms with Crippen molar-refractivity contribution in [2.45, 2.75) is 45.3 Å². The van der Waals surface area contributed by atoms with E-state index in [4.69, 9.17) is 10.3 Å². The quantitative estimate of drug-likeness (QED) is 0.318. The van der Waals surface area contributed by atoms with E-state index in [0.29, 0.717) is 18.3 Å². The van der Waals surface area contributed by atoms with E-state index < -0.39 is 0 Å². The van der Waals surface area contributed by atoms with Gasteiger partial charge in [-0.1, -0.05) is 54.1 Å². The van der Waals surface area contributed by atoms with Crippen LogP contribution in [0, 0.1) is 0 Å². The lowest BCUT2D eigenvalue weighted by Crippen LogP contribution is -2.11. The van der Waals surface area contributed by atoms with E-state index in [1.54, 1.807) is 6.26 Å². The molecule has 0 aromatic heterocycles. The summed E-state index contributed by atoms with van der Waals surface area (Å²) < 4.78 is 6.09. The first-order valence-corrected chi connectivity index (χ1v) is 10.6. The van der Waals surface area contributed by atoms with Crippen LogP contribution in [-0.4, -0.2) is 11.5 Å². The monoisotopic (exact) mass is 396 g/mol. The number of rotatable bonds is 8. The molecule has 7 heteroatoms. The molecule has 3 rings (SSSR count). The molecular formula is C21H24N4O2S. The fraction of sp³-hybridized carbons (Fsp3) is 0.381. The number of carbonyl (C=O) groups excluding carboxylic acids is 1. The van der Waals surface area contributed by atoms with Gasteiger partial charge in [-0.05, 0) is 54.2 Å². The predicted octanol–water partition coefficient (Wildman–Crippen LogP) is 6.41. The van der Waals surface area contributed by atoms with Gasteiger partial charge in [0.1, 0.15) is 12.4 Å². The average Bonchev–Trinajstić information content (AvgIpc) is 3.56. The lowest BCUT2D eigenvalue weighted by molar-refractivity contribution is 0.269. The van der Waals surface area contributed by atoms with E-state index in [-0.39, 0.29) is 11.8 Å². The van der Waals surface area contributed by atoms with Crippen LogP contribution >= 0.6 is 11.8 Å². The Kier molecular flexibility index (Phi) is 6.85. The zero-order valence-corrected chi connectivity index (χ0v) is 17.0. The van der Waals surface area contributed by atoms with Crippen LogP contribution in [0.4, 0.5) is 10.5 Å². The summed E-state index contributed by atoms with van der Waals surface area (Å²) in [7, 11) is 0. The number of thioether (sulfide) groups is 1. The first-order chi connectivity index (χ1) is 13.7. The largest absolute Gasteiger partial charge is 0.489 e. The van der Waals surface area contributed by atoms with Gasteiger partial charge in [-0.25, -0.2) is 0 Å². The van der Waals surface area contributed by atoms with Gasteiger partial charge >= 0.3 is 0 Å². The van der Waals surface area contributed by atoms with E-state index in [0.717, 1.165) is 47.8 Å². The number of aryl methyl sites for hydroxylation is 1. The van der Waals surface area contributed by atoms with Crippen LogP contribution in [0.3, 0.4) is 0 Å². The molecule has 1 aliphatic rings. The molecular weight excluding hydrogens is 372 g/mol. The molecule has 6 nitrogen and oxygen atoms in total. The lowest BCUT2D eigenvalue weighted by atomic mass is 10.0. The Hall–Kier alpha value is -2.63. The standard InChI is InChI=1S/C21H24N4O2S/c1-3-14-7-10-19(17(11-14)12-23-25-22)27-13-16-5-4-6-18(15-8-9-15)20(16)24-21(26)28-2/h4-7,10-11,15H,3,8-9,12-13H2,1-2H3,(H,24,26). The number of anilines is 1. The number of ether oxygens (including phenoxy) is 1. The van der Waals surface area contributed by atoms with Crippen LogP contribution in [0.2, 0.25) is 0 Å². The van der Waals surface area contributed by atoms with E-state index >= 15 is 0 Å². The van der Waals surface area contributed by atoms with Crippen LogP contribution in [-0.2, 0) is 19.6 Å². The van der Waals surface area contributed by atoms with Gasteiger partial charge in [-0.2, -0.15) is 0 Å². The number of hydrogen-bond acceptors (Lipinski definition) is 4. The highest BCUT2D eigenvalue weighted by atomic mass is 32.2. The zero-order valence-electron chi connectivity index (χ0n) is 16.1. The molecule has 0 bridgehead atoms. The van der Waals surface area contributed by atoms with E-state index in [1.165, 1.54) is 11.1 Å². The van der Waals surface area contributed by atoms with Crippen molar-refractivity contribution in [2.75, 3.05) is 11.6 Å². The fourth-order valence-corrected chi connectivity index (χ4v) is 3.36. The molecule has 0 saturated heterocycles. The normalized spacial score (nSPS) is 12.9. The number of para-hydroxylation sites is 1. The molecule has 2 aromatic rings. The molecule has 0 spiro atoms. The molecule has 28 heavy (non-hydrogen) atoms. The highest BCUT2D eigenvalue weighted by Crippen LogP contribution is 2.44. The second kappa shape index (κ2) is 9.53. The van der Waals surface area contributed by atoms with Crippen molar-refractivity contribution in [1.29, 1.82) is 0 Å². The van der Waals surface area contributed by atoms with Crippen LogP contribution in [0.1, 0.15) is 47.9 Å². The summed E-state index contributed by atoms with van der Waals surface area (Å²) in [5.74, 6) is 1.21. The highest BCUT2D eigenvalue weighted by Gasteiger charge is 2.27. The topological polar surface area (TPSA) is 87.1 Å². The molecule has 1 aliphatic carbocycles. The van der Waals surface area contributed by atoms with Crippen molar-refractivity contribution in [3.63, 3.8) is 0 Å². The van der Waals surface area contributed by atoms with Crippen molar-refractivity contribution in [3.05, 3.63) is 69.1 Å². The van der Waals surface area contributed by atoms with Crippen molar-refractivity contribution in [3.8, 4) is 5.75 Å². The van der Waals surface area contributed by atoms with Gasteiger partial charge in [0.05, 0.1) is 12.2 Å². The molecule has 0 atom stereocenters. The second-order valence-electron chi connectivity index (χ2n) is 6.75. The number of nitrogens with one attached hydrogen (secondary N) is 1. The Morgan fingerprint density at radius 2 is 2.14 bits per heavy atom. The molecule has 1 amide bonds. The molecule has 146 valence electrons. The fourth-order valence-electron chi connectivity index (χ4n) is 3.16. The maximum atomic E-state index is 12.0. The van der Waals surface area contributed by atoms with Crippen molar-refractivity contribution < 1.29 is 9.53 Å². The first kappa shape index (κ1) is 20.1. The molecule has 2 aromatic carbocycles. The number of amides is 1. The molecule has 1 saturated carbocycles. The summed E-state index contributed by atoms with van der Waals surface area (Å²) in [5, 5.41) is 6.64. The zero-order chi connectivity index (χ0) is 19.9. The smallest absolute Gasteiger partial charge is 0.283 e. The van der Waals surface area contributed by atoms with Crippen molar-refractivity contribution in [2.24, 2.45) is 5.11 Å². The van der Waals surface area contributed by atoms with Crippen molar-refractivity contribution >= 4 is 22.7 Å². The number of carbonyl (C=O) groups is 1.